The molecule has 0 saturated carbocycles. The van der Waals surface area contributed by atoms with Crippen molar-refractivity contribution in [2.45, 2.75) is 13.5 Å². The Hall–Kier alpha value is -2.17. The summed E-state index contributed by atoms with van der Waals surface area (Å²) in [6.07, 6.45) is 0. The first kappa shape index (κ1) is 14.2. The van der Waals surface area contributed by atoms with E-state index in [0.717, 1.165) is 0 Å². The quantitative estimate of drug-likeness (QED) is 0.819. The third kappa shape index (κ3) is 3.23. The summed E-state index contributed by atoms with van der Waals surface area (Å²) < 4.78 is 0. The highest BCUT2D eigenvalue weighted by molar-refractivity contribution is 7.12. The lowest BCUT2D eigenvalue weighted by Gasteiger charge is -2.14. The number of H-pyrrole nitrogens is 1. The van der Waals surface area contributed by atoms with E-state index in [1.54, 1.807) is 30.3 Å². The molecule has 0 aliphatic rings. The van der Waals surface area contributed by atoms with Crippen molar-refractivity contribution in [1.82, 2.24) is 20.1 Å². The minimum Gasteiger partial charge on any atom is -0.384 e. The van der Waals surface area contributed by atoms with Crippen molar-refractivity contribution in [1.29, 1.82) is 0 Å². The number of carbonyl (C=O) groups is 1. The second-order valence-corrected chi connectivity index (χ2v) is 5.04. The Balaban J connectivity index is 2.12. The molecule has 0 saturated heterocycles. The number of aliphatic hydroxyl groups excluding tert-OH is 1. The van der Waals surface area contributed by atoms with Crippen LogP contribution in [0, 0.1) is 18.8 Å². The summed E-state index contributed by atoms with van der Waals surface area (Å²) in [6.45, 7) is 1.91. The maximum atomic E-state index is 12.3. The summed E-state index contributed by atoms with van der Waals surface area (Å²) in [5, 5.41) is 17.3. The summed E-state index contributed by atoms with van der Waals surface area (Å²) in [6, 6.07) is 1.77. The Bertz CT molecular complexity index is 665. The fraction of sp³-hybridized carbons (Fsp3) is 0.308. The molecule has 6 nitrogen and oxygen atoms in total. The SMILES string of the molecule is Cc1nc(CN(C)C(=O)c2sccc2C#CCO)n[nH]1. The predicted octanol–water partition coefficient (Wildman–Crippen LogP) is 0.791. The van der Waals surface area contributed by atoms with Gasteiger partial charge in [-0.05, 0) is 18.4 Å². The van der Waals surface area contributed by atoms with Crippen LogP contribution >= 0.6 is 11.3 Å². The molecule has 0 aromatic carbocycles. The third-order valence-corrected chi connectivity index (χ3v) is 3.43. The van der Waals surface area contributed by atoms with E-state index >= 15 is 0 Å². The Kier molecular flexibility index (Phi) is 4.50. The van der Waals surface area contributed by atoms with Crippen LogP contribution < -0.4 is 0 Å². The van der Waals surface area contributed by atoms with Crippen molar-refractivity contribution < 1.29 is 9.90 Å². The van der Waals surface area contributed by atoms with Gasteiger partial charge >= 0.3 is 0 Å². The lowest BCUT2D eigenvalue weighted by atomic mass is 10.2. The molecule has 20 heavy (non-hydrogen) atoms. The van der Waals surface area contributed by atoms with Gasteiger partial charge in [0.2, 0.25) is 0 Å². The van der Waals surface area contributed by atoms with Gasteiger partial charge in [0.25, 0.3) is 5.91 Å². The highest BCUT2D eigenvalue weighted by Gasteiger charge is 2.18. The number of thiophene rings is 1. The molecule has 0 radical (unpaired) electrons. The van der Waals surface area contributed by atoms with Gasteiger partial charge in [0.15, 0.2) is 5.82 Å². The van der Waals surface area contributed by atoms with Crippen molar-refractivity contribution in [3.8, 4) is 11.8 Å². The Morgan fingerprint density at radius 2 is 2.40 bits per heavy atom. The van der Waals surface area contributed by atoms with Gasteiger partial charge in [-0.2, -0.15) is 5.10 Å². The van der Waals surface area contributed by atoms with Crippen molar-refractivity contribution >= 4 is 17.2 Å². The fourth-order valence-electron chi connectivity index (χ4n) is 1.63. The topological polar surface area (TPSA) is 82.1 Å². The number of hydrogen-bond donors (Lipinski definition) is 2. The molecule has 2 rings (SSSR count). The molecular weight excluding hydrogens is 276 g/mol. The Labute approximate surface area is 120 Å². The minimum atomic E-state index is -0.226. The van der Waals surface area contributed by atoms with Gasteiger partial charge in [0, 0.05) is 12.6 Å². The van der Waals surface area contributed by atoms with Crippen LogP contribution in [-0.2, 0) is 6.54 Å². The highest BCUT2D eigenvalue weighted by Crippen LogP contribution is 2.18. The molecular formula is C13H14N4O2S. The number of amides is 1. The van der Waals surface area contributed by atoms with Crippen LogP contribution in [0.4, 0.5) is 0 Å². The molecule has 0 aliphatic heterocycles. The molecule has 1 amide bonds. The summed E-state index contributed by atoms with van der Waals surface area (Å²) in [5.41, 5.74) is 0.632. The minimum absolute atomic E-state index is 0.135. The molecule has 104 valence electrons. The summed E-state index contributed by atoms with van der Waals surface area (Å²) >= 11 is 1.33. The van der Waals surface area contributed by atoms with Gasteiger partial charge in [0.05, 0.1) is 6.54 Å². The number of nitrogens with zero attached hydrogens (tertiary/aromatic N) is 3. The number of hydrogen-bond acceptors (Lipinski definition) is 5. The highest BCUT2D eigenvalue weighted by atomic mass is 32.1. The lowest BCUT2D eigenvalue weighted by Crippen LogP contribution is -2.26. The van der Waals surface area contributed by atoms with Crippen LogP contribution in [0.2, 0.25) is 0 Å². The second kappa shape index (κ2) is 6.32. The number of aromatic nitrogens is 3. The van der Waals surface area contributed by atoms with Crippen molar-refractivity contribution in [3.63, 3.8) is 0 Å². The summed E-state index contributed by atoms with van der Waals surface area (Å²) in [5.74, 6) is 6.47. The molecule has 0 atom stereocenters. The van der Waals surface area contributed by atoms with Crippen LogP contribution in [0.25, 0.3) is 0 Å². The van der Waals surface area contributed by atoms with E-state index in [9.17, 15) is 4.79 Å². The van der Waals surface area contributed by atoms with Gasteiger partial charge in [-0.25, -0.2) is 4.98 Å². The van der Waals surface area contributed by atoms with Crippen LogP contribution in [-0.4, -0.2) is 44.7 Å². The maximum Gasteiger partial charge on any atom is 0.265 e. The average Bonchev–Trinajstić information content (AvgIpc) is 3.04. The van der Waals surface area contributed by atoms with Crippen LogP contribution in [0.3, 0.4) is 0 Å². The Morgan fingerprint density at radius 1 is 1.60 bits per heavy atom. The molecule has 0 spiro atoms. The standard InChI is InChI=1S/C13H14N4O2S/c1-9-14-11(16-15-9)8-17(2)13(19)12-10(4-3-6-18)5-7-20-12/h5,7,18H,6,8H2,1-2H3,(H,14,15,16). The molecule has 0 bridgehead atoms. The van der Waals surface area contributed by atoms with E-state index in [1.165, 1.54) is 11.3 Å². The van der Waals surface area contributed by atoms with Gasteiger partial charge < -0.3 is 10.0 Å². The van der Waals surface area contributed by atoms with Gasteiger partial charge in [-0.15, -0.1) is 11.3 Å². The van der Waals surface area contributed by atoms with E-state index in [2.05, 4.69) is 27.0 Å². The molecule has 0 aliphatic carbocycles. The maximum absolute atomic E-state index is 12.3. The normalized spacial score (nSPS) is 9.95. The van der Waals surface area contributed by atoms with E-state index in [1.807, 2.05) is 0 Å². The van der Waals surface area contributed by atoms with Gasteiger partial charge in [-0.1, -0.05) is 11.8 Å². The van der Waals surface area contributed by atoms with E-state index in [4.69, 9.17) is 5.11 Å². The largest absolute Gasteiger partial charge is 0.384 e. The van der Waals surface area contributed by atoms with Gasteiger partial charge in [0.1, 0.15) is 17.3 Å². The van der Waals surface area contributed by atoms with Crippen LogP contribution in [0.5, 0.6) is 0 Å². The number of nitrogens with one attached hydrogen (secondary N) is 1. The number of aliphatic hydroxyl groups is 1. The zero-order valence-corrected chi connectivity index (χ0v) is 12.0. The number of aryl methyl sites for hydroxylation is 1. The number of carbonyl (C=O) groups excluding carboxylic acids is 1. The smallest absolute Gasteiger partial charge is 0.265 e. The van der Waals surface area contributed by atoms with Crippen molar-refractivity contribution in [2.24, 2.45) is 0 Å². The van der Waals surface area contributed by atoms with Crippen molar-refractivity contribution in [2.75, 3.05) is 13.7 Å². The molecule has 0 fully saturated rings. The second-order valence-electron chi connectivity index (χ2n) is 4.12. The zero-order chi connectivity index (χ0) is 14.5. The van der Waals surface area contributed by atoms with Crippen LogP contribution in [0.1, 0.15) is 26.9 Å². The Morgan fingerprint density at radius 3 is 3.05 bits per heavy atom. The molecule has 7 heteroatoms. The lowest BCUT2D eigenvalue weighted by molar-refractivity contribution is 0.0786. The predicted molar refractivity (Wildman–Crippen MR) is 75.2 cm³/mol. The van der Waals surface area contributed by atoms with Crippen LogP contribution in [0.15, 0.2) is 11.4 Å². The number of rotatable bonds is 3. The van der Waals surface area contributed by atoms with E-state index < -0.39 is 0 Å². The van der Waals surface area contributed by atoms with E-state index in [0.29, 0.717) is 28.6 Å². The van der Waals surface area contributed by atoms with E-state index in [-0.39, 0.29) is 12.5 Å². The average molecular weight is 290 g/mol. The monoisotopic (exact) mass is 290 g/mol. The molecule has 2 aromatic rings. The summed E-state index contributed by atoms with van der Waals surface area (Å²) in [7, 11) is 1.69. The first-order valence-electron chi connectivity index (χ1n) is 5.92. The summed E-state index contributed by atoms with van der Waals surface area (Å²) in [4.78, 5) is 18.6. The van der Waals surface area contributed by atoms with Crippen molar-refractivity contribution in [3.05, 3.63) is 33.5 Å². The fourth-order valence-corrected chi connectivity index (χ4v) is 2.47. The first-order chi connectivity index (χ1) is 9.61. The zero-order valence-electron chi connectivity index (χ0n) is 11.2. The molecule has 2 aromatic heterocycles. The molecule has 0 unspecified atom stereocenters. The third-order valence-electron chi connectivity index (χ3n) is 2.53. The first-order valence-corrected chi connectivity index (χ1v) is 6.80. The van der Waals surface area contributed by atoms with Gasteiger partial charge in [-0.3, -0.25) is 9.89 Å². The number of aromatic amines is 1. The molecule has 2 heterocycles. The molecule has 2 N–H and O–H groups in total.